The van der Waals surface area contributed by atoms with Crippen molar-refractivity contribution in [2.75, 3.05) is 0 Å². The van der Waals surface area contributed by atoms with E-state index in [2.05, 4.69) is 79.3 Å². The first-order valence-electron chi connectivity index (χ1n) is 14.6. The lowest BCUT2D eigenvalue weighted by Gasteiger charge is -2.18. The van der Waals surface area contributed by atoms with Gasteiger partial charge in [0.2, 0.25) is 5.69 Å². The fourth-order valence-electron chi connectivity index (χ4n) is 7.58. The number of rotatable bonds is 4. The van der Waals surface area contributed by atoms with Crippen molar-refractivity contribution in [1.82, 2.24) is 0 Å². The summed E-state index contributed by atoms with van der Waals surface area (Å²) in [6.07, 6.45) is 11.8. The third-order valence-electron chi connectivity index (χ3n) is 9.66. The minimum absolute atomic E-state index is 0.653. The van der Waals surface area contributed by atoms with Crippen LogP contribution in [0.1, 0.15) is 67.6 Å². The molecular formula is C36H35N2O+. The van der Waals surface area contributed by atoms with Crippen LogP contribution in [-0.2, 0) is 7.05 Å². The summed E-state index contributed by atoms with van der Waals surface area (Å²) in [5.41, 5.74) is 9.10. The first-order valence-corrected chi connectivity index (χ1v) is 14.6. The van der Waals surface area contributed by atoms with Gasteiger partial charge >= 0.3 is 0 Å². The zero-order chi connectivity index (χ0) is 26.5. The molecule has 0 bridgehead atoms. The lowest BCUT2D eigenvalue weighted by Crippen LogP contribution is -2.30. The number of benzene rings is 3. The predicted molar refractivity (Wildman–Crippen MR) is 157 cm³/mol. The van der Waals surface area contributed by atoms with Crippen LogP contribution in [0.5, 0.6) is 0 Å². The lowest BCUT2D eigenvalue weighted by atomic mass is 9.87. The van der Waals surface area contributed by atoms with Crippen molar-refractivity contribution in [3.05, 3.63) is 89.6 Å². The van der Waals surface area contributed by atoms with Gasteiger partial charge in [-0.25, -0.2) is 4.57 Å². The van der Waals surface area contributed by atoms with Gasteiger partial charge in [-0.2, -0.15) is 5.26 Å². The van der Waals surface area contributed by atoms with Crippen molar-refractivity contribution in [3.63, 3.8) is 0 Å². The summed E-state index contributed by atoms with van der Waals surface area (Å²) in [7, 11) is 2.07. The van der Waals surface area contributed by atoms with Gasteiger partial charge in [-0.15, -0.1) is 0 Å². The standard InChI is InChI=1S/C36H35N2O/c1-23-10-18-30-31-19-17-29(22-37)34(36(31)39-35(30)33(23)32-9-5-6-20-38(32)2)26-13-11-25(12-14-26)28-16-15-27(21-28)24-7-3-4-8-24/h5-6,9-14,17-20,24,27-28H,3-4,7-8,15-16,21H2,1-2H3/q+1. The third kappa shape index (κ3) is 4.05. The number of fused-ring (bicyclic) bond motifs is 3. The third-order valence-corrected chi connectivity index (χ3v) is 9.66. The molecule has 2 aliphatic rings. The van der Waals surface area contributed by atoms with Crippen LogP contribution < -0.4 is 4.57 Å². The monoisotopic (exact) mass is 511 g/mol. The molecule has 3 aromatic carbocycles. The van der Waals surface area contributed by atoms with E-state index in [1.54, 1.807) is 0 Å². The molecule has 3 nitrogen and oxygen atoms in total. The Labute approximate surface area is 230 Å². The topological polar surface area (TPSA) is 40.8 Å². The van der Waals surface area contributed by atoms with Gasteiger partial charge in [-0.1, -0.05) is 62.1 Å². The molecule has 2 saturated carbocycles. The molecular weight excluding hydrogens is 476 g/mol. The molecule has 39 heavy (non-hydrogen) atoms. The number of hydrogen-bond acceptors (Lipinski definition) is 2. The van der Waals surface area contributed by atoms with Gasteiger partial charge in [-0.05, 0) is 78.8 Å². The second-order valence-corrected chi connectivity index (χ2v) is 11.8. The highest BCUT2D eigenvalue weighted by molar-refractivity contribution is 6.14. The molecule has 0 amide bonds. The zero-order valence-corrected chi connectivity index (χ0v) is 22.9. The molecule has 0 spiro atoms. The van der Waals surface area contributed by atoms with Gasteiger partial charge < -0.3 is 4.42 Å². The maximum Gasteiger partial charge on any atom is 0.216 e. The van der Waals surface area contributed by atoms with Crippen molar-refractivity contribution in [3.8, 4) is 28.5 Å². The van der Waals surface area contributed by atoms with E-state index in [0.29, 0.717) is 11.5 Å². The number of hydrogen-bond donors (Lipinski definition) is 0. The van der Waals surface area contributed by atoms with E-state index in [1.165, 1.54) is 56.1 Å². The highest BCUT2D eigenvalue weighted by atomic mass is 16.3. The predicted octanol–water partition coefficient (Wildman–Crippen LogP) is 9.00. The molecule has 2 atom stereocenters. The quantitative estimate of drug-likeness (QED) is 0.226. The Morgan fingerprint density at radius 2 is 1.54 bits per heavy atom. The smallest absolute Gasteiger partial charge is 0.216 e. The van der Waals surface area contributed by atoms with Crippen molar-refractivity contribution in [2.45, 2.75) is 57.8 Å². The van der Waals surface area contributed by atoms with Gasteiger partial charge in [0, 0.05) is 28.5 Å². The summed E-state index contributed by atoms with van der Waals surface area (Å²) in [5.74, 6) is 2.54. The Bertz CT molecular complexity index is 1730. The number of aryl methyl sites for hydroxylation is 2. The fourth-order valence-corrected chi connectivity index (χ4v) is 7.58. The zero-order valence-electron chi connectivity index (χ0n) is 22.9. The molecule has 194 valence electrons. The van der Waals surface area contributed by atoms with E-state index < -0.39 is 0 Å². The second kappa shape index (κ2) is 9.69. The van der Waals surface area contributed by atoms with Crippen molar-refractivity contribution < 1.29 is 8.98 Å². The van der Waals surface area contributed by atoms with E-state index in [4.69, 9.17) is 4.42 Å². The Morgan fingerprint density at radius 1 is 0.795 bits per heavy atom. The highest BCUT2D eigenvalue weighted by Gasteiger charge is 2.33. The number of nitrogens with zero attached hydrogens (tertiary/aromatic N) is 2. The largest absolute Gasteiger partial charge is 0.454 e. The van der Waals surface area contributed by atoms with Gasteiger partial charge in [0.1, 0.15) is 18.2 Å². The Morgan fingerprint density at radius 3 is 2.28 bits per heavy atom. The second-order valence-electron chi connectivity index (χ2n) is 11.8. The van der Waals surface area contributed by atoms with Crippen molar-refractivity contribution in [1.29, 1.82) is 5.26 Å². The fraction of sp³-hybridized carbons (Fsp3) is 0.333. The maximum absolute atomic E-state index is 10.1. The number of furan rings is 1. The minimum Gasteiger partial charge on any atom is -0.454 e. The summed E-state index contributed by atoms with van der Waals surface area (Å²) in [4.78, 5) is 0. The van der Waals surface area contributed by atoms with E-state index in [1.807, 2.05) is 18.2 Å². The Balaban J connectivity index is 1.32. The molecule has 2 unspecified atom stereocenters. The summed E-state index contributed by atoms with van der Waals surface area (Å²) in [6, 6.07) is 26.0. The molecule has 7 rings (SSSR count). The van der Waals surface area contributed by atoms with E-state index in [-0.39, 0.29) is 0 Å². The van der Waals surface area contributed by atoms with Crippen LogP contribution in [0.3, 0.4) is 0 Å². The molecule has 0 saturated heterocycles. The minimum atomic E-state index is 0.653. The molecule has 3 heteroatoms. The van der Waals surface area contributed by atoms with Crippen LogP contribution in [0.25, 0.3) is 44.3 Å². The molecule has 2 fully saturated rings. The maximum atomic E-state index is 10.1. The number of nitriles is 1. The average Bonchev–Trinajstić information content (AvgIpc) is 3.73. The molecule has 0 radical (unpaired) electrons. The van der Waals surface area contributed by atoms with Gasteiger partial charge in [-0.3, -0.25) is 0 Å². The van der Waals surface area contributed by atoms with Crippen molar-refractivity contribution >= 4 is 21.9 Å². The molecule has 5 aromatic rings. The summed E-state index contributed by atoms with van der Waals surface area (Å²) in [6.45, 7) is 2.13. The van der Waals surface area contributed by atoms with Gasteiger partial charge in [0.05, 0.1) is 17.2 Å². The van der Waals surface area contributed by atoms with Crippen LogP contribution in [-0.4, -0.2) is 0 Å². The summed E-state index contributed by atoms with van der Waals surface area (Å²) < 4.78 is 8.87. The Kier molecular flexibility index (Phi) is 6.00. The SMILES string of the molecule is Cc1ccc2c(oc3c(-c4ccc(C5CCC(C6CCCC6)C5)cc4)c(C#N)ccc32)c1-c1cccc[n+]1C. The molecule has 2 heterocycles. The number of aromatic nitrogens is 1. The molecule has 2 aromatic heterocycles. The highest BCUT2D eigenvalue weighted by Crippen LogP contribution is 2.47. The van der Waals surface area contributed by atoms with E-state index >= 15 is 0 Å². The van der Waals surface area contributed by atoms with Gasteiger partial charge in [0.25, 0.3) is 0 Å². The number of pyridine rings is 1. The van der Waals surface area contributed by atoms with E-state index in [9.17, 15) is 5.26 Å². The lowest BCUT2D eigenvalue weighted by molar-refractivity contribution is -0.660. The summed E-state index contributed by atoms with van der Waals surface area (Å²) >= 11 is 0. The summed E-state index contributed by atoms with van der Waals surface area (Å²) in [5, 5.41) is 12.2. The van der Waals surface area contributed by atoms with Crippen molar-refractivity contribution in [2.24, 2.45) is 18.9 Å². The van der Waals surface area contributed by atoms with Crippen LogP contribution in [0.15, 0.2) is 77.3 Å². The Hall–Kier alpha value is -3.90. The van der Waals surface area contributed by atoms with Gasteiger partial charge in [0.15, 0.2) is 6.20 Å². The molecule has 0 aliphatic heterocycles. The van der Waals surface area contributed by atoms with Crippen LogP contribution in [0.4, 0.5) is 0 Å². The first kappa shape index (κ1) is 24.2. The van der Waals surface area contributed by atoms with Crippen LogP contribution in [0.2, 0.25) is 0 Å². The average molecular weight is 512 g/mol. The molecule has 0 N–H and O–H groups in total. The molecule has 2 aliphatic carbocycles. The van der Waals surface area contributed by atoms with Crippen LogP contribution in [0, 0.1) is 30.1 Å². The normalized spacial score (nSPS) is 19.7. The van der Waals surface area contributed by atoms with Crippen LogP contribution >= 0.6 is 0 Å². The van der Waals surface area contributed by atoms with E-state index in [0.717, 1.165) is 56.2 Å². The first-order chi connectivity index (χ1) is 19.1.